The predicted molar refractivity (Wildman–Crippen MR) is 89.4 cm³/mol. The lowest BCUT2D eigenvalue weighted by molar-refractivity contribution is -0.120. The molecule has 21 heavy (non-hydrogen) atoms. The average molecular weight is 352 g/mol. The first-order valence-corrected chi connectivity index (χ1v) is 8.27. The second-order valence-corrected chi connectivity index (χ2v) is 6.37. The number of amides is 1. The maximum atomic E-state index is 11.8. The standard InChI is InChI=1S/C16H22BrN3O/c1-12(13-7-9-14(17)10-8-13)19-20-16(21)11-18-15-5-3-2-4-6-15/h7-10,15,18H,2-6,11H2,1H3,(H,20,21)/b19-12-. The molecule has 0 aromatic heterocycles. The second-order valence-electron chi connectivity index (χ2n) is 5.45. The molecule has 1 fully saturated rings. The summed E-state index contributed by atoms with van der Waals surface area (Å²) in [4.78, 5) is 11.8. The molecule has 2 N–H and O–H groups in total. The summed E-state index contributed by atoms with van der Waals surface area (Å²) in [6.45, 7) is 2.22. The van der Waals surface area contributed by atoms with Gasteiger partial charge in [0.25, 0.3) is 5.91 Å². The van der Waals surface area contributed by atoms with E-state index < -0.39 is 0 Å². The number of nitrogens with zero attached hydrogens (tertiary/aromatic N) is 1. The lowest BCUT2D eigenvalue weighted by Gasteiger charge is -2.22. The Labute approximate surface area is 134 Å². The molecular formula is C16H22BrN3O. The van der Waals surface area contributed by atoms with Crippen LogP contribution in [0.1, 0.15) is 44.6 Å². The van der Waals surface area contributed by atoms with Crippen molar-refractivity contribution in [1.82, 2.24) is 10.7 Å². The molecule has 0 saturated heterocycles. The summed E-state index contributed by atoms with van der Waals surface area (Å²) in [6, 6.07) is 8.34. The third-order valence-corrected chi connectivity index (χ3v) is 4.30. The average Bonchev–Trinajstić information content (AvgIpc) is 2.52. The minimum Gasteiger partial charge on any atom is -0.306 e. The quantitative estimate of drug-likeness (QED) is 0.632. The molecule has 0 unspecified atom stereocenters. The largest absolute Gasteiger partial charge is 0.306 e. The lowest BCUT2D eigenvalue weighted by atomic mass is 9.95. The van der Waals surface area contributed by atoms with Gasteiger partial charge >= 0.3 is 0 Å². The summed E-state index contributed by atoms with van der Waals surface area (Å²) in [6.07, 6.45) is 6.20. The topological polar surface area (TPSA) is 53.5 Å². The van der Waals surface area contributed by atoms with E-state index in [1.54, 1.807) is 0 Å². The van der Waals surface area contributed by atoms with Crippen LogP contribution in [0.5, 0.6) is 0 Å². The first-order valence-electron chi connectivity index (χ1n) is 7.47. The molecule has 0 heterocycles. The van der Waals surface area contributed by atoms with Gasteiger partial charge in [0.1, 0.15) is 0 Å². The minimum atomic E-state index is -0.0861. The Bertz CT molecular complexity index is 493. The molecule has 1 aromatic rings. The molecule has 5 heteroatoms. The fraction of sp³-hybridized carbons (Fsp3) is 0.500. The summed E-state index contributed by atoms with van der Waals surface area (Å²) in [7, 11) is 0. The highest BCUT2D eigenvalue weighted by Crippen LogP contribution is 2.17. The maximum Gasteiger partial charge on any atom is 0.254 e. The molecule has 114 valence electrons. The Morgan fingerprint density at radius 3 is 2.57 bits per heavy atom. The van der Waals surface area contributed by atoms with Crippen LogP contribution >= 0.6 is 15.9 Å². The summed E-state index contributed by atoms with van der Waals surface area (Å²) in [5.74, 6) is -0.0861. The van der Waals surface area contributed by atoms with Crippen molar-refractivity contribution in [3.05, 3.63) is 34.3 Å². The summed E-state index contributed by atoms with van der Waals surface area (Å²) < 4.78 is 1.03. The van der Waals surface area contributed by atoms with Crippen molar-refractivity contribution in [2.75, 3.05) is 6.54 Å². The van der Waals surface area contributed by atoms with Gasteiger partial charge in [-0.05, 0) is 37.5 Å². The summed E-state index contributed by atoms with van der Waals surface area (Å²) in [5, 5.41) is 7.45. The molecular weight excluding hydrogens is 330 g/mol. The van der Waals surface area contributed by atoms with Gasteiger partial charge in [0, 0.05) is 10.5 Å². The van der Waals surface area contributed by atoms with E-state index in [4.69, 9.17) is 0 Å². The van der Waals surface area contributed by atoms with Crippen molar-refractivity contribution < 1.29 is 4.79 Å². The van der Waals surface area contributed by atoms with Gasteiger partial charge in [0.15, 0.2) is 0 Å². The number of nitrogens with one attached hydrogen (secondary N) is 2. The second kappa shape index (κ2) is 8.29. The van der Waals surface area contributed by atoms with Crippen LogP contribution in [0, 0.1) is 0 Å². The molecule has 1 amide bonds. The van der Waals surface area contributed by atoms with Crippen molar-refractivity contribution in [2.45, 2.75) is 45.1 Å². The molecule has 4 nitrogen and oxygen atoms in total. The smallest absolute Gasteiger partial charge is 0.254 e. The Morgan fingerprint density at radius 2 is 1.90 bits per heavy atom. The molecule has 0 atom stereocenters. The van der Waals surface area contributed by atoms with Gasteiger partial charge in [-0.2, -0.15) is 5.10 Å². The van der Waals surface area contributed by atoms with Crippen molar-refractivity contribution in [3.8, 4) is 0 Å². The fourth-order valence-corrected chi connectivity index (χ4v) is 2.75. The maximum absolute atomic E-state index is 11.8. The third kappa shape index (κ3) is 5.59. The molecule has 0 spiro atoms. The van der Waals surface area contributed by atoms with Gasteiger partial charge in [0.05, 0.1) is 12.3 Å². The molecule has 0 bridgehead atoms. The highest BCUT2D eigenvalue weighted by Gasteiger charge is 2.13. The number of carbonyl (C=O) groups is 1. The van der Waals surface area contributed by atoms with Crippen LogP contribution < -0.4 is 10.7 Å². The molecule has 2 rings (SSSR count). The van der Waals surface area contributed by atoms with Gasteiger partial charge in [-0.1, -0.05) is 47.3 Å². The van der Waals surface area contributed by atoms with Crippen LogP contribution in [-0.2, 0) is 4.79 Å². The first kappa shape index (κ1) is 16.2. The van der Waals surface area contributed by atoms with E-state index in [-0.39, 0.29) is 5.91 Å². The van der Waals surface area contributed by atoms with Crippen LogP contribution in [-0.4, -0.2) is 24.2 Å². The van der Waals surface area contributed by atoms with Gasteiger partial charge < -0.3 is 5.32 Å². The van der Waals surface area contributed by atoms with Gasteiger partial charge in [0.2, 0.25) is 0 Å². The predicted octanol–water partition coefficient (Wildman–Crippen LogP) is 3.21. The van der Waals surface area contributed by atoms with E-state index in [9.17, 15) is 4.79 Å². The van der Waals surface area contributed by atoms with E-state index in [1.807, 2.05) is 31.2 Å². The van der Waals surface area contributed by atoms with Crippen molar-refractivity contribution in [2.24, 2.45) is 5.10 Å². The number of halogens is 1. The van der Waals surface area contributed by atoms with Gasteiger partial charge in [-0.3, -0.25) is 4.79 Å². The molecule has 1 aliphatic rings. The monoisotopic (exact) mass is 351 g/mol. The van der Waals surface area contributed by atoms with Crippen LogP contribution in [0.25, 0.3) is 0 Å². The number of rotatable bonds is 5. The van der Waals surface area contributed by atoms with Crippen LogP contribution in [0.3, 0.4) is 0 Å². The lowest BCUT2D eigenvalue weighted by Crippen LogP contribution is -2.38. The van der Waals surface area contributed by atoms with Crippen molar-refractivity contribution in [1.29, 1.82) is 0 Å². The molecule has 1 saturated carbocycles. The number of hydrogen-bond donors (Lipinski definition) is 2. The van der Waals surface area contributed by atoms with E-state index in [2.05, 4.69) is 31.8 Å². The SMILES string of the molecule is C/C(=N/NC(=O)CNC1CCCCC1)c1ccc(Br)cc1. The zero-order valence-corrected chi connectivity index (χ0v) is 13.9. The van der Waals surface area contributed by atoms with Crippen molar-refractivity contribution in [3.63, 3.8) is 0 Å². The van der Waals surface area contributed by atoms with Crippen molar-refractivity contribution >= 4 is 27.5 Å². The first-order chi connectivity index (χ1) is 10.1. The number of hydrogen-bond acceptors (Lipinski definition) is 3. The van der Waals surface area contributed by atoms with E-state index in [0.29, 0.717) is 12.6 Å². The van der Waals surface area contributed by atoms with E-state index in [0.717, 1.165) is 15.7 Å². The zero-order valence-electron chi connectivity index (χ0n) is 12.4. The molecule has 0 aliphatic heterocycles. The normalized spacial score (nSPS) is 16.8. The molecule has 1 aromatic carbocycles. The van der Waals surface area contributed by atoms with Gasteiger partial charge in [-0.25, -0.2) is 5.43 Å². The third-order valence-electron chi connectivity index (χ3n) is 3.77. The molecule has 0 radical (unpaired) electrons. The summed E-state index contributed by atoms with van der Waals surface area (Å²) in [5.41, 5.74) is 4.41. The number of benzene rings is 1. The Balaban J connectivity index is 1.76. The van der Waals surface area contributed by atoms with E-state index in [1.165, 1.54) is 32.1 Å². The zero-order chi connectivity index (χ0) is 15.1. The Morgan fingerprint density at radius 1 is 1.24 bits per heavy atom. The van der Waals surface area contributed by atoms with Gasteiger partial charge in [-0.15, -0.1) is 0 Å². The Kier molecular flexibility index (Phi) is 6.39. The highest BCUT2D eigenvalue weighted by atomic mass is 79.9. The number of carbonyl (C=O) groups excluding carboxylic acids is 1. The van der Waals surface area contributed by atoms with Crippen LogP contribution in [0.4, 0.5) is 0 Å². The fourth-order valence-electron chi connectivity index (χ4n) is 2.49. The minimum absolute atomic E-state index is 0.0861. The van der Waals surface area contributed by atoms with E-state index >= 15 is 0 Å². The summed E-state index contributed by atoms with van der Waals surface area (Å²) >= 11 is 3.40. The highest BCUT2D eigenvalue weighted by molar-refractivity contribution is 9.10. The molecule has 1 aliphatic carbocycles. The van der Waals surface area contributed by atoms with Crippen LogP contribution in [0.2, 0.25) is 0 Å². The van der Waals surface area contributed by atoms with Crippen LogP contribution in [0.15, 0.2) is 33.8 Å². The Hall–Kier alpha value is -1.20. The number of hydrazone groups is 1.